The van der Waals surface area contributed by atoms with Crippen LogP contribution in [0.2, 0.25) is 0 Å². The highest BCUT2D eigenvalue weighted by Crippen LogP contribution is 2.16. The number of aromatic nitrogens is 1. The Hall–Kier alpha value is -0.850. The lowest BCUT2D eigenvalue weighted by molar-refractivity contribution is 0.639. The van der Waals surface area contributed by atoms with Crippen molar-refractivity contribution in [2.75, 3.05) is 0 Å². The minimum atomic E-state index is 0.710. The van der Waals surface area contributed by atoms with Gasteiger partial charge in [-0.3, -0.25) is 4.98 Å². The Labute approximate surface area is 81.2 Å². The molecule has 0 fully saturated rings. The molecular weight excluding hydrogens is 158 g/mol. The summed E-state index contributed by atoms with van der Waals surface area (Å²) in [6, 6.07) is 2.17. The van der Waals surface area contributed by atoms with Crippen LogP contribution < -0.4 is 0 Å². The number of aryl methyl sites for hydroxylation is 3. The molecular formula is C12H19N. The van der Waals surface area contributed by atoms with E-state index < -0.39 is 0 Å². The predicted molar refractivity (Wildman–Crippen MR) is 57.0 cm³/mol. The van der Waals surface area contributed by atoms with Gasteiger partial charge in [0.1, 0.15) is 0 Å². The molecule has 0 saturated heterocycles. The van der Waals surface area contributed by atoms with E-state index in [0.29, 0.717) is 5.92 Å². The van der Waals surface area contributed by atoms with Crippen LogP contribution >= 0.6 is 0 Å². The van der Waals surface area contributed by atoms with E-state index in [1.165, 1.54) is 16.8 Å². The Balaban J connectivity index is 3.06. The summed E-state index contributed by atoms with van der Waals surface area (Å²) in [5, 5.41) is 0. The monoisotopic (exact) mass is 177 g/mol. The van der Waals surface area contributed by atoms with Gasteiger partial charge >= 0.3 is 0 Å². The largest absolute Gasteiger partial charge is 0.258 e. The van der Waals surface area contributed by atoms with Gasteiger partial charge in [-0.1, -0.05) is 13.8 Å². The van der Waals surface area contributed by atoms with Gasteiger partial charge in [0, 0.05) is 11.4 Å². The molecule has 0 atom stereocenters. The summed E-state index contributed by atoms with van der Waals surface area (Å²) in [4.78, 5) is 4.49. The van der Waals surface area contributed by atoms with Gasteiger partial charge in [-0.2, -0.15) is 0 Å². The summed E-state index contributed by atoms with van der Waals surface area (Å²) in [5.74, 6) is 0.710. The van der Waals surface area contributed by atoms with E-state index in [-0.39, 0.29) is 0 Å². The van der Waals surface area contributed by atoms with E-state index >= 15 is 0 Å². The molecule has 0 amide bonds. The SMILES string of the molecule is Cc1cc(C)c(CC(C)C)c(C)n1. The zero-order valence-electron chi connectivity index (χ0n) is 9.31. The van der Waals surface area contributed by atoms with Crippen molar-refractivity contribution in [3.05, 3.63) is 28.6 Å². The molecule has 1 aromatic heterocycles. The molecule has 0 spiro atoms. The highest BCUT2D eigenvalue weighted by molar-refractivity contribution is 5.31. The Morgan fingerprint density at radius 2 is 1.85 bits per heavy atom. The molecule has 0 bridgehead atoms. The fourth-order valence-corrected chi connectivity index (χ4v) is 1.77. The fraction of sp³-hybridized carbons (Fsp3) is 0.583. The molecule has 0 N–H and O–H groups in total. The van der Waals surface area contributed by atoms with Crippen LogP contribution in [0.1, 0.15) is 36.4 Å². The Morgan fingerprint density at radius 1 is 1.23 bits per heavy atom. The summed E-state index contributed by atoms with van der Waals surface area (Å²) in [7, 11) is 0. The summed E-state index contributed by atoms with van der Waals surface area (Å²) in [5.41, 5.74) is 5.15. The van der Waals surface area contributed by atoms with Gasteiger partial charge in [0.15, 0.2) is 0 Å². The number of rotatable bonds is 2. The highest BCUT2D eigenvalue weighted by atomic mass is 14.7. The van der Waals surface area contributed by atoms with Crippen LogP contribution in [-0.4, -0.2) is 4.98 Å². The second kappa shape index (κ2) is 3.91. The summed E-state index contributed by atoms with van der Waals surface area (Å²) in [6.45, 7) is 10.8. The minimum absolute atomic E-state index is 0.710. The van der Waals surface area contributed by atoms with Gasteiger partial charge in [0.05, 0.1) is 0 Å². The predicted octanol–water partition coefficient (Wildman–Crippen LogP) is 3.21. The molecule has 0 aromatic carbocycles. The van der Waals surface area contributed by atoms with Crippen molar-refractivity contribution < 1.29 is 0 Å². The quantitative estimate of drug-likeness (QED) is 0.676. The van der Waals surface area contributed by atoms with Crippen molar-refractivity contribution in [2.24, 2.45) is 5.92 Å². The van der Waals surface area contributed by atoms with Gasteiger partial charge in [-0.15, -0.1) is 0 Å². The first-order chi connectivity index (χ1) is 6.00. The maximum absolute atomic E-state index is 4.49. The average Bonchev–Trinajstić information content (AvgIpc) is 1.96. The zero-order valence-corrected chi connectivity index (χ0v) is 9.31. The molecule has 1 rings (SSSR count). The first-order valence-electron chi connectivity index (χ1n) is 4.94. The van der Waals surface area contributed by atoms with Crippen LogP contribution in [0.5, 0.6) is 0 Å². The normalized spacial score (nSPS) is 10.9. The van der Waals surface area contributed by atoms with Gasteiger partial charge < -0.3 is 0 Å². The second-order valence-electron chi connectivity index (χ2n) is 4.24. The standard InChI is InChI=1S/C12H19N/c1-8(2)6-12-9(3)7-10(4)13-11(12)5/h7-8H,6H2,1-5H3. The molecule has 0 saturated carbocycles. The van der Waals surface area contributed by atoms with Crippen molar-refractivity contribution >= 4 is 0 Å². The van der Waals surface area contributed by atoms with Crippen molar-refractivity contribution in [3.8, 4) is 0 Å². The first kappa shape index (κ1) is 10.2. The maximum Gasteiger partial charge on any atom is 0.0410 e. The van der Waals surface area contributed by atoms with Gasteiger partial charge in [-0.05, 0) is 50.3 Å². The van der Waals surface area contributed by atoms with E-state index in [2.05, 4.69) is 45.7 Å². The molecule has 13 heavy (non-hydrogen) atoms. The summed E-state index contributed by atoms with van der Waals surface area (Å²) < 4.78 is 0. The molecule has 0 unspecified atom stereocenters. The zero-order chi connectivity index (χ0) is 10.0. The van der Waals surface area contributed by atoms with Crippen LogP contribution in [-0.2, 0) is 6.42 Å². The van der Waals surface area contributed by atoms with E-state index in [9.17, 15) is 0 Å². The lowest BCUT2D eigenvalue weighted by Crippen LogP contribution is -2.02. The molecule has 0 radical (unpaired) electrons. The van der Waals surface area contributed by atoms with Gasteiger partial charge in [0.2, 0.25) is 0 Å². The molecule has 1 heterocycles. The summed E-state index contributed by atoms with van der Waals surface area (Å²) in [6.07, 6.45) is 1.14. The lowest BCUT2D eigenvalue weighted by atomic mass is 9.97. The molecule has 1 heteroatoms. The maximum atomic E-state index is 4.49. The van der Waals surface area contributed by atoms with Crippen LogP contribution in [0.3, 0.4) is 0 Å². The second-order valence-corrected chi connectivity index (χ2v) is 4.24. The molecule has 72 valence electrons. The number of hydrogen-bond donors (Lipinski definition) is 0. The van der Waals surface area contributed by atoms with Crippen molar-refractivity contribution in [1.82, 2.24) is 4.98 Å². The molecule has 1 aromatic rings. The van der Waals surface area contributed by atoms with Crippen molar-refractivity contribution in [1.29, 1.82) is 0 Å². The van der Waals surface area contributed by atoms with Crippen molar-refractivity contribution in [3.63, 3.8) is 0 Å². The first-order valence-corrected chi connectivity index (χ1v) is 4.94. The minimum Gasteiger partial charge on any atom is -0.258 e. The smallest absolute Gasteiger partial charge is 0.0410 e. The molecule has 0 aliphatic rings. The van der Waals surface area contributed by atoms with Crippen LogP contribution in [0.25, 0.3) is 0 Å². The fourth-order valence-electron chi connectivity index (χ4n) is 1.77. The van der Waals surface area contributed by atoms with E-state index in [0.717, 1.165) is 12.1 Å². The third-order valence-corrected chi connectivity index (χ3v) is 2.29. The summed E-state index contributed by atoms with van der Waals surface area (Å²) >= 11 is 0. The Kier molecular flexibility index (Phi) is 3.07. The number of nitrogens with zero attached hydrogens (tertiary/aromatic N) is 1. The lowest BCUT2D eigenvalue weighted by Gasteiger charge is -2.12. The van der Waals surface area contributed by atoms with Gasteiger partial charge in [-0.25, -0.2) is 0 Å². The van der Waals surface area contributed by atoms with Crippen LogP contribution in [0.4, 0.5) is 0 Å². The molecule has 0 aliphatic carbocycles. The third-order valence-electron chi connectivity index (χ3n) is 2.29. The van der Waals surface area contributed by atoms with E-state index in [4.69, 9.17) is 0 Å². The number of pyridine rings is 1. The van der Waals surface area contributed by atoms with E-state index in [1.54, 1.807) is 0 Å². The molecule has 1 nitrogen and oxygen atoms in total. The Morgan fingerprint density at radius 3 is 2.31 bits per heavy atom. The van der Waals surface area contributed by atoms with Crippen molar-refractivity contribution in [2.45, 2.75) is 41.0 Å². The third kappa shape index (κ3) is 2.55. The molecule has 0 aliphatic heterocycles. The number of hydrogen-bond acceptors (Lipinski definition) is 1. The Bertz CT molecular complexity index is 277. The van der Waals surface area contributed by atoms with Gasteiger partial charge in [0.25, 0.3) is 0 Å². The van der Waals surface area contributed by atoms with E-state index in [1.807, 2.05) is 0 Å². The van der Waals surface area contributed by atoms with Crippen LogP contribution in [0, 0.1) is 26.7 Å². The topological polar surface area (TPSA) is 12.9 Å². The van der Waals surface area contributed by atoms with Crippen LogP contribution in [0.15, 0.2) is 6.07 Å². The average molecular weight is 177 g/mol. The highest BCUT2D eigenvalue weighted by Gasteiger charge is 2.06.